The van der Waals surface area contributed by atoms with E-state index in [2.05, 4.69) is 10.4 Å². The molecule has 2 rings (SSSR count). The molecular formula is C14H15Cl2N3O. The van der Waals surface area contributed by atoms with Gasteiger partial charge >= 0.3 is 0 Å². The van der Waals surface area contributed by atoms with Crippen LogP contribution in [0.5, 0.6) is 0 Å². The Balaban J connectivity index is 2.16. The van der Waals surface area contributed by atoms with Gasteiger partial charge in [-0.3, -0.25) is 4.79 Å². The van der Waals surface area contributed by atoms with Crippen LogP contribution in [-0.2, 0) is 6.54 Å². The van der Waals surface area contributed by atoms with Crippen LogP contribution in [0.1, 0.15) is 25.5 Å². The fourth-order valence-electron chi connectivity index (χ4n) is 1.74. The molecule has 0 saturated heterocycles. The predicted octanol–water partition coefficient (Wildman–Crippen LogP) is 3.74. The molecule has 6 heteroatoms. The first-order chi connectivity index (χ1) is 9.49. The van der Waals surface area contributed by atoms with Gasteiger partial charge in [-0.1, -0.05) is 35.3 Å². The van der Waals surface area contributed by atoms with Crippen LogP contribution in [0.3, 0.4) is 0 Å². The molecule has 0 fully saturated rings. The van der Waals surface area contributed by atoms with E-state index in [-0.39, 0.29) is 16.6 Å². The second kappa shape index (κ2) is 6.29. The van der Waals surface area contributed by atoms with E-state index in [9.17, 15) is 4.79 Å². The van der Waals surface area contributed by atoms with Crippen LogP contribution in [0.25, 0.3) is 0 Å². The summed E-state index contributed by atoms with van der Waals surface area (Å²) in [5.41, 5.74) is 1.28. The number of rotatable bonds is 4. The van der Waals surface area contributed by atoms with Crippen molar-refractivity contribution in [1.82, 2.24) is 9.78 Å². The zero-order valence-corrected chi connectivity index (χ0v) is 12.7. The van der Waals surface area contributed by atoms with E-state index in [4.69, 9.17) is 23.2 Å². The van der Waals surface area contributed by atoms with Crippen LogP contribution in [0.15, 0.2) is 35.3 Å². The monoisotopic (exact) mass is 311 g/mol. The fourth-order valence-corrected chi connectivity index (χ4v) is 2.06. The van der Waals surface area contributed by atoms with E-state index >= 15 is 0 Å². The Bertz CT molecular complexity index is 650. The maximum Gasteiger partial charge on any atom is 0.287 e. The summed E-state index contributed by atoms with van der Waals surface area (Å²) in [6.45, 7) is 4.31. The lowest BCUT2D eigenvalue weighted by Crippen LogP contribution is -2.25. The van der Waals surface area contributed by atoms with Gasteiger partial charge in [-0.25, -0.2) is 4.68 Å². The minimum atomic E-state index is -0.289. The standard InChI is InChI=1S/C14H15Cl2N3O/c1-9(2)19-14(20)13(16)12(8-18-19)17-7-10-3-5-11(15)6-4-10/h3-6,8-9,17H,7H2,1-2H3. The highest BCUT2D eigenvalue weighted by Crippen LogP contribution is 2.18. The SMILES string of the molecule is CC(C)n1ncc(NCc2ccc(Cl)cc2)c(Cl)c1=O. The summed E-state index contributed by atoms with van der Waals surface area (Å²) >= 11 is 11.9. The summed E-state index contributed by atoms with van der Waals surface area (Å²) in [5, 5.41) is 8.05. The van der Waals surface area contributed by atoms with Crippen LogP contribution in [-0.4, -0.2) is 9.78 Å². The molecule has 0 atom stereocenters. The van der Waals surface area contributed by atoms with E-state index in [1.54, 1.807) is 6.20 Å². The van der Waals surface area contributed by atoms with Crippen molar-refractivity contribution in [3.63, 3.8) is 0 Å². The van der Waals surface area contributed by atoms with Crippen molar-refractivity contribution in [2.24, 2.45) is 0 Å². The van der Waals surface area contributed by atoms with E-state index in [1.165, 1.54) is 4.68 Å². The normalized spacial score (nSPS) is 10.8. The van der Waals surface area contributed by atoms with Crippen molar-refractivity contribution in [2.45, 2.75) is 26.4 Å². The summed E-state index contributed by atoms with van der Waals surface area (Å²) in [4.78, 5) is 12.0. The number of benzene rings is 1. The molecule has 1 N–H and O–H groups in total. The van der Waals surface area contributed by atoms with Crippen LogP contribution >= 0.6 is 23.2 Å². The molecular weight excluding hydrogens is 297 g/mol. The predicted molar refractivity (Wildman–Crippen MR) is 82.7 cm³/mol. The lowest BCUT2D eigenvalue weighted by Gasteiger charge is -2.12. The lowest BCUT2D eigenvalue weighted by atomic mass is 10.2. The molecule has 20 heavy (non-hydrogen) atoms. The second-order valence-corrected chi connectivity index (χ2v) is 5.51. The van der Waals surface area contributed by atoms with Crippen LogP contribution < -0.4 is 10.9 Å². The zero-order valence-electron chi connectivity index (χ0n) is 11.2. The van der Waals surface area contributed by atoms with Gasteiger partial charge in [0, 0.05) is 11.6 Å². The van der Waals surface area contributed by atoms with Crippen molar-refractivity contribution < 1.29 is 0 Å². The van der Waals surface area contributed by atoms with Crippen molar-refractivity contribution in [3.8, 4) is 0 Å². The summed E-state index contributed by atoms with van der Waals surface area (Å²) in [7, 11) is 0. The van der Waals surface area contributed by atoms with Gasteiger partial charge in [-0.15, -0.1) is 0 Å². The highest BCUT2D eigenvalue weighted by Gasteiger charge is 2.10. The third-order valence-electron chi connectivity index (χ3n) is 2.83. The van der Waals surface area contributed by atoms with Gasteiger partial charge in [0.05, 0.1) is 17.9 Å². The highest BCUT2D eigenvalue weighted by atomic mass is 35.5. The largest absolute Gasteiger partial charge is 0.378 e. The minimum Gasteiger partial charge on any atom is -0.378 e. The molecule has 0 aliphatic rings. The Hall–Kier alpha value is -1.52. The second-order valence-electron chi connectivity index (χ2n) is 4.70. The van der Waals surface area contributed by atoms with Gasteiger partial charge in [0.15, 0.2) is 0 Å². The first-order valence-electron chi connectivity index (χ1n) is 6.24. The topological polar surface area (TPSA) is 46.9 Å². The van der Waals surface area contributed by atoms with Crippen LogP contribution in [0, 0.1) is 0 Å². The zero-order chi connectivity index (χ0) is 14.7. The minimum absolute atomic E-state index is 0.0229. The molecule has 0 amide bonds. The highest BCUT2D eigenvalue weighted by molar-refractivity contribution is 6.33. The van der Waals surface area contributed by atoms with Crippen molar-refractivity contribution in [2.75, 3.05) is 5.32 Å². The van der Waals surface area contributed by atoms with E-state index in [0.29, 0.717) is 17.3 Å². The molecule has 0 saturated carbocycles. The number of halogens is 2. The van der Waals surface area contributed by atoms with Gasteiger partial charge < -0.3 is 5.32 Å². The van der Waals surface area contributed by atoms with E-state index in [1.807, 2.05) is 38.1 Å². The van der Waals surface area contributed by atoms with Gasteiger partial charge in [0.2, 0.25) is 0 Å². The van der Waals surface area contributed by atoms with Gasteiger partial charge in [-0.05, 0) is 31.5 Å². The number of hydrogen-bond acceptors (Lipinski definition) is 3. The lowest BCUT2D eigenvalue weighted by molar-refractivity contribution is 0.503. The molecule has 0 bridgehead atoms. The Morgan fingerprint density at radius 3 is 2.50 bits per heavy atom. The van der Waals surface area contributed by atoms with E-state index in [0.717, 1.165) is 5.56 Å². The molecule has 0 spiro atoms. The maximum absolute atomic E-state index is 12.0. The van der Waals surface area contributed by atoms with Gasteiger partial charge in [-0.2, -0.15) is 5.10 Å². The molecule has 106 valence electrons. The molecule has 4 nitrogen and oxygen atoms in total. The average molecular weight is 312 g/mol. The first-order valence-corrected chi connectivity index (χ1v) is 7.00. The molecule has 1 aromatic carbocycles. The molecule has 1 heterocycles. The average Bonchev–Trinajstić information content (AvgIpc) is 2.42. The van der Waals surface area contributed by atoms with Crippen molar-refractivity contribution in [1.29, 1.82) is 0 Å². The number of anilines is 1. The fraction of sp³-hybridized carbons (Fsp3) is 0.286. The number of aromatic nitrogens is 2. The Morgan fingerprint density at radius 1 is 1.25 bits per heavy atom. The summed E-state index contributed by atoms with van der Waals surface area (Å²) in [6, 6.07) is 7.42. The smallest absolute Gasteiger partial charge is 0.287 e. The third-order valence-corrected chi connectivity index (χ3v) is 3.45. The summed E-state index contributed by atoms with van der Waals surface area (Å²) < 4.78 is 1.36. The quantitative estimate of drug-likeness (QED) is 0.935. The summed E-state index contributed by atoms with van der Waals surface area (Å²) in [5.74, 6) is 0. The Kier molecular flexibility index (Phi) is 4.68. The number of nitrogens with zero attached hydrogens (tertiary/aromatic N) is 2. The Morgan fingerprint density at radius 2 is 1.90 bits per heavy atom. The third kappa shape index (κ3) is 3.32. The van der Waals surface area contributed by atoms with Crippen molar-refractivity contribution in [3.05, 3.63) is 56.4 Å². The molecule has 0 radical (unpaired) electrons. The van der Waals surface area contributed by atoms with Gasteiger partial charge in [0.1, 0.15) is 5.02 Å². The molecule has 0 aliphatic heterocycles. The first kappa shape index (κ1) is 14.9. The van der Waals surface area contributed by atoms with Crippen LogP contribution in [0.2, 0.25) is 10.0 Å². The molecule has 2 aromatic rings. The molecule has 1 aromatic heterocycles. The van der Waals surface area contributed by atoms with Crippen molar-refractivity contribution >= 4 is 28.9 Å². The maximum atomic E-state index is 12.0. The van der Waals surface area contributed by atoms with Gasteiger partial charge in [0.25, 0.3) is 5.56 Å². The molecule has 0 unspecified atom stereocenters. The number of hydrogen-bond donors (Lipinski definition) is 1. The Labute approximate surface area is 127 Å². The number of nitrogens with one attached hydrogen (secondary N) is 1. The summed E-state index contributed by atoms with van der Waals surface area (Å²) in [6.07, 6.45) is 1.57. The molecule has 0 aliphatic carbocycles. The van der Waals surface area contributed by atoms with Crippen LogP contribution in [0.4, 0.5) is 5.69 Å². The van der Waals surface area contributed by atoms with E-state index < -0.39 is 0 Å².